The number of hydrogen-bond acceptors (Lipinski definition) is 1. The molecule has 0 bridgehead atoms. The van der Waals surface area contributed by atoms with E-state index in [2.05, 4.69) is 0 Å². The van der Waals surface area contributed by atoms with E-state index in [1.54, 1.807) is 6.92 Å². The minimum Gasteiger partial charge on any atom is -0.278 e. The lowest BCUT2D eigenvalue weighted by Gasteiger charge is -1.91. The molecular formula is C4H7Cl2FO. The van der Waals surface area contributed by atoms with Gasteiger partial charge >= 0.3 is 0 Å². The zero-order chi connectivity index (χ0) is 5.86. The molecule has 0 aliphatic carbocycles. The number of carbonyl (C=O) groups excluding carboxylic acids is 1. The lowest BCUT2D eigenvalue weighted by atomic mass is 10.3. The molecule has 0 aromatic heterocycles. The molecule has 0 fully saturated rings. The number of hydrogen-bond donors (Lipinski definition) is 0. The van der Waals surface area contributed by atoms with Crippen LogP contribution < -0.4 is 0 Å². The first kappa shape index (κ1) is 11.0. The highest BCUT2D eigenvalue weighted by molar-refractivity contribution is 6.64. The van der Waals surface area contributed by atoms with Crippen molar-refractivity contribution in [2.75, 3.05) is 0 Å². The standard InChI is InChI=1S/C4H6ClFO.ClH/c1-2-3(6)4(5)7;/h3H,2H2,1H3;1H. The summed E-state index contributed by atoms with van der Waals surface area (Å²) in [5.41, 5.74) is 0. The molecule has 0 saturated heterocycles. The molecule has 0 aliphatic rings. The smallest absolute Gasteiger partial charge is 0.255 e. The molecule has 0 spiro atoms. The molecule has 4 heteroatoms. The molecule has 8 heavy (non-hydrogen) atoms. The number of halogens is 3. The molecule has 0 N–H and O–H groups in total. The van der Waals surface area contributed by atoms with Crippen molar-refractivity contribution in [2.45, 2.75) is 19.5 Å². The quantitative estimate of drug-likeness (QED) is 0.565. The van der Waals surface area contributed by atoms with Gasteiger partial charge in [0.15, 0.2) is 6.17 Å². The SMILES string of the molecule is CCC(F)C(=O)Cl.Cl. The van der Waals surface area contributed by atoms with Crippen LogP contribution in [-0.4, -0.2) is 11.4 Å². The van der Waals surface area contributed by atoms with Gasteiger partial charge in [-0.1, -0.05) is 6.92 Å². The van der Waals surface area contributed by atoms with Crippen LogP contribution in [0.5, 0.6) is 0 Å². The van der Waals surface area contributed by atoms with E-state index in [-0.39, 0.29) is 18.8 Å². The third kappa shape index (κ3) is 4.34. The van der Waals surface area contributed by atoms with Crippen LogP contribution >= 0.6 is 24.0 Å². The van der Waals surface area contributed by atoms with Gasteiger partial charge in [-0.05, 0) is 18.0 Å². The van der Waals surface area contributed by atoms with E-state index >= 15 is 0 Å². The third-order valence-electron chi connectivity index (χ3n) is 0.605. The van der Waals surface area contributed by atoms with Gasteiger partial charge in [0, 0.05) is 0 Å². The van der Waals surface area contributed by atoms with Crippen molar-refractivity contribution >= 4 is 29.3 Å². The largest absolute Gasteiger partial charge is 0.278 e. The van der Waals surface area contributed by atoms with Gasteiger partial charge < -0.3 is 0 Å². The van der Waals surface area contributed by atoms with Gasteiger partial charge in [0.25, 0.3) is 5.24 Å². The van der Waals surface area contributed by atoms with E-state index in [4.69, 9.17) is 11.6 Å². The van der Waals surface area contributed by atoms with Crippen molar-refractivity contribution in [1.29, 1.82) is 0 Å². The van der Waals surface area contributed by atoms with E-state index in [0.29, 0.717) is 0 Å². The lowest BCUT2D eigenvalue weighted by molar-refractivity contribution is -0.116. The predicted octanol–water partition coefficient (Wildman–Crippen LogP) is 1.92. The van der Waals surface area contributed by atoms with Gasteiger partial charge in [-0.3, -0.25) is 4.79 Å². The van der Waals surface area contributed by atoms with Crippen LogP contribution in [0.1, 0.15) is 13.3 Å². The molecule has 0 rings (SSSR count). The Bertz CT molecular complexity index is 76.4. The maximum absolute atomic E-state index is 11.8. The Labute approximate surface area is 58.6 Å². The summed E-state index contributed by atoms with van der Waals surface area (Å²) in [6.45, 7) is 1.56. The zero-order valence-corrected chi connectivity index (χ0v) is 5.93. The summed E-state index contributed by atoms with van der Waals surface area (Å²) in [6, 6.07) is 0. The molecule has 0 radical (unpaired) electrons. The minimum atomic E-state index is -1.47. The topological polar surface area (TPSA) is 17.1 Å². The number of rotatable bonds is 2. The summed E-state index contributed by atoms with van der Waals surface area (Å²) >= 11 is 4.71. The normalized spacial score (nSPS) is 11.9. The van der Waals surface area contributed by atoms with Crippen LogP contribution in [0.2, 0.25) is 0 Å². The zero-order valence-electron chi connectivity index (χ0n) is 4.36. The Morgan fingerprint density at radius 2 is 2.25 bits per heavy atom. The molecular weight excluding hydrogens is 154 g/mol. The second-order valence-electron chi connectivity index (χ2n) is 1.18. The summed E-state index contributed by atoms with van der Waals surface area (Å²) in [5.74, 6) is 0. The van der Waals surface area contributed by atoms with Gasteiger partial charge in [0.1, 0.15) is 0 Å². The van der Waals surface area contributed by atoms with Gasteiger partial charge in [-0.25, -0.2) is 4.39 Å². The predicted molar refractivity (Wildman–Crippen MR) is 33.3 cm³/mol. The van der Waals surface area contributed by atoms with Crippen LogP contribution in [-0.2, 0) is 4.79 Å². The molecule has 50 valence electrons. The fraction of sp³-hybridized carbons (Fsp3) is 0.750. The van der Waals surface area contributed by atoms with Gasteiger partial charge in [0.05, 0.1) is 0 Å². The Morgan fingerprint density at radius 3 is 2.25 bits per heavy atom. The van der Waals surface area contributed by atoms with Crippen LogP contribution in [0.15, 0.2) is 0 Å². The van der Waals surface area contributed by atoms with Crippen molar-refractivity contribution < 1.29 is 9.18 Å². The molecule has 0 aromatic carbocycles. The third-order valence-corrected chi connectivity index (χ3v) is 0.841. The molecule has 1 unspecified atom stereocenters. The van der Waals surface area contributed by atoms with Crippen LogP contribution in [0, 0.1) is 0 Å². The van der Waals surface area contributed by atoms with Crippen molar-refractivity contribution in [2.24, 2.45) is 0 Å². The van der Waals surface area contributed by atoms with E-state index in [0.717, 1.165) is 0 Å². The summed E-state index contributed by atoms with van der Waals surface area (Å²) < 4.78 is 11.8. The molecule has 1 nitrogen and oxygen atoms in total. The number of alkyl halides is 1. The first-order valence-electron chi connectivity index (χ1n) is 2.02. The lowest BCUT2D eigenvalue weighted by Crippen LogP contribution is -2.05. The molecule has 0 aliphatic heterocycles. The second kappa shape index (κ2) is 5.32. The highest BCUT2D eigenvalue weighted by atomic mass is 35.5. The average Bonchev–Trinajstić information content (AvgIpc) is 1.65. The van der Waals surface area contributed by atoms with Crippen molar-refractivity contribution in [3.63, 3.8) is 0 Å². The fourth-order valence-corrected chi connectivity index (χ4v) is 0.315. The maximum Gasteiger partial charge on any atom is 0.255 e. The van der Waals surface area contributed by atoms with Crippen LogP contribution in [0.25, 0.3) is 0 Å². The van der Waals surface area contributed by atoms with Crippen LogP contribution in [0.3, 0.4) is 0 Å². The number of carbonyl (C=O) groups is 1. The first-order valence-corrected chi connectivity index (χ1v) is 2.39. The summed E-state index contributed by atoms with van der Waals surface area (Å²) in [5, 5.41) is -0.900. The summed E-state index contributed by atoms with van der Waals surface area (Å²) in [4.78, 5) is 9.77. The van der Waals surface area contributed by atoms with E-state index < -0.39 is 11.4 Å². The summed E-state index contributed by atoms with van der Waals surface area (Å²) in [6.07, 6.45) is -1.30. The van der Waals surface area contributed by atoms with Gasteiger partial charge in [-0.15, -0.1) is 12.4 Å². The van der Waals surface area contributed by atoms with Crippen molar-refractivity contribution in [3.05, 3.63) is 0 Å². The summed E-state index contributed by atoms with van der Waals surface area (Å²) in [7, 11) is 0. The monoisotopic (exact) mass is 160 g/mol. The Morgan fingerprint density at radius 1 is 1.88 bits per heavy atom. The molecule has 0 heterocycles. The Hall–Kier alpha value is 0.180. The molecule has 0 saturated carbocycles. The second-order valence-corrected chi connectivity index (χ2v) is 1.55. The Balaban J connectivity index is 0. The minimum absolute atomic E-state index is 0. The van der Waals surface area contributed by atoms with Crippen molar-refractivity contribution in [3.8, 4) is 0 Å². The van der Waals surface area contributed by atoms with Gasteiger partial charge in [-0.2, -0.15) is 0 Å². The van der Waals surface area contributed by atoms with E-state index in [1.807, 2.05) is 0 Å². The highest BCUT2D eigenvalue weighted by Gasteiger charge is 2.09. The maximum atomic E-state index is 11.8. The molecule has 1 atom stereocenters. The Kier molecular flexibility index (Phi) is 7.34. The highest BCUT2D eigenvalue weighted by Crippen LogP contribution is 1.99. The van der Waals surface area contributed by atoms with Crippen molar-refractivity contribution in [1.82, 2.24) is 0 Å². The van der Waals surface area contributed by atoms with E-state index in [9.17, 15) is 9.18 Å². The van der Waals surface area contributed by atoms with Gasteiger partial charge in [0.2, 0.25) is 0 Å². The first-order chi connectivity index (χ1) is 3.18. The average molecular weight is 161 g/mol. The molecule has 0 aromatic rings. The fourth-order valence-electron chi connectivity index (χ4n) is 0.160. The van der Waals surface area contributed by atoms with E-state index in [1.165, 1.54) is 0 Å². The van der Waals surface area contributed by atoms with Crippen LogP contribution in [0.4, 0.5) is 4.39 Å². The molecule has 0 amide bonds.